The van der Waals surface area contributed by atoms with E-state index in [4.69, 9.17) is 11.5 Å². The highest BCUT2D eigenvalue weighted by molar-refractivity contribution is 5.36. The third kappa shape index (κ3) is 1.45. The summed E-state index contributed by atoms with van der Waals surface area (Å²) in [5, 5.41) is 0. The van der Waals surface area contributed by atoms with Crippen molar-refractivity contribution in [2.45, 2.75) is 19.9 Å². The maximum atomic E-state index is 11.1. The summed E-state index contributed by atoms with van der Waals surface area (Å²) in [6.07, 6.45) is 0. The van der Waals surface area contributed by atoms with Crippen molar-refractivity contribution in [3.63, 3.8) is 0 Å². The highest BCUT2D eigenvalue weighted by Gasteiger charge is 2.06. The Balaban J connectivity index is 3.31. The number of nitrogens with zero attached hydrogens (tertiary/aromatic N) is 1. The Bertz CT molecular complexity index is 342. The van der Waals surface area contributed by atoms with Crippen LogP contribution in [0.1, 0.15) is 24.4 Å². The fourth-order valence-electron chi connectivity index (χ4n) is 0.784. The van der Waals surface area contributed by atoms with Gasteiger partial charge in [-0.15, -0.1) is 0 Å². The number of rotatable bonds is 1. The molecule has 66 valence electrons. The van der Waals surface area contributed by atoms with E-state index in [1.807, 2.05) is 0 Å². The van der Waals surface area contributed by atoms with E-state index in [-0.39, 0.29) is 17.4 Å². The molecule has 1 aromatic heterocycles. The molecule has 0 fully saturated rings. The highest BCUT2D eigenvalue weighted by Crippen LogP contribution is 2.04. The minimum Gasteiger partial charge on any atom is -0.383 e. The van der Waals surface area contributed by atoms with Gasteiger partial charge in [-0.25, -0.2) is 4.98 Å². The van der Waals surface area contributed by atoms with E-state index in [9.17, 15) is 4.79 Å². The summed E-state index contributed by atoms with van der Waals surface area (Å²) in [7, 11) is 0. The quantitative estimate of drug-likeness (QED) is 0.535. The topological polar surface area (TPSA) is 97.8 Å². The number of aromatic amines is 1. The molecule has 0 saturated heterocycles. The van der Waals surface area contributed by atoms with Crippen molar-refractivity contribution in [1.82, 2.24) is 9.97 Å². The lowest BCUT2D eigenvalue weighted by molar-refractivity contribution is 0.732. The molecule has 1 atom stereocenters. The summed E-state index contributed by atoms with van der Waals surface area (Å²) in [6.45, 7) is 3.35. The van der Waals surface area contributed by atoms with Gasteiger partial charge in [0.15, 0.2) is 0 Å². The second kappa shape index (κ2) is 2.94. The first-order valence-electron chi connectivity index (χ1n) is 3.64. The second-order valence-electron chi connectivity index (χ2n) is 2.75. The van der Waals surface area contributed by atoms with Crippen LogP contribution in [0, 0.1) is 6.92 Å². The first-order chi connectivity index (χ1) is 5.52. The van der Waals surface area contributed by atoms with Crippen molar-refractivity contribution < 1.29 is 0 Å². The highest BCUT2D eigenvalue weighted by atomic mass is 16.1. The fourth-order valence-corrected chi connectivity index (χ4v) is 0.784. The van der Waals surface area contributed by atoms with E-state index < -0.39 is 0 Å². The number of anilines is 1. The lowest BCUT2D eigenvalue weighted by Crippen LogP contribution is -2.21. The van der Waals surface area contributed by atoms with Gasteiger partial charge < -0.3 is 16.5 Å². The number of nitrogens with two attached hydrogens (primary N) is 2. The Morgan fingerprint density at radius 1 is 1.58 bits per heavy atom. The summed E-state index contributed by atoms with van der Waals surface area (Å²) in [5.41, 5.74) is 11.2. The molecule has 12 heavy (non-hydrogen) atoms. The van der Waals surface area contributed by atoms with Gasteiger partial charge in [-0.2, -0.15) is 0 Å². The van der Waals surface area contributed by atoms with Gasteiger partial charge >= 0.3 is 0 Å². The molecule has 0 amide bonds. The van der Waals surface area contributed by atoms with Crippen molar-refractivity contribution in [3.8, 4) is 0 Å². The molecule has 0 aliphatic carbocycles. The maximum Gasteiger partial charge on any atom is 0.255 e. The van der Waals surface area contributed by atoms with Crippen LogP contribution in [0.3, 0.4) is 0 Å². The third-order valence-electron chi connectivity index (χ3n) is 1.64. The molecular weight excluding hydrogens is 156 g/mol. The Hall–Kier alpha value is -1.36. The Morgan fingerprint density at radius 2 is 2.17 bits per heavy atom. The van der Waals surface area contributed by atoms with Gasteiger partial charge in [-0.1, -0.05) is 0 Å². The number of nitrogen functional groups attached to an aromatic ring is 1. The van der Waals surface area contributed by atoms with Crippen LogP contribution in [-0.2, 0) is 0 Å². The van der Waals surface area contributed by atoms with Crippen LogP contribution in [0.15, 0.2) is 4.79 Å². The van der Waals surface area contributed by atoms with E-state index >= 15 is 0 Å². The molecular formula is C7H12N4O. The standard InChI is InChI=1S/C7H12N4O/c1-3-5(9)10-6(4(2)8)11-7(3)12/h4H,8H2,1-2H3,(H3,9,10,11,12). The van der Waals surface area contributed by atoms with E-state index in [2.05, 4.69) is 9.97 Å². The molecule has 5 N–H and O–H groups in total. The zero-order valence-corrected chi connectivity index (χ0v) is 7.09. The predicted octanol–water partition coefficient (Wildman–Crippen LogP) is -0.320. The number of nitrogens with one attached hydrogen (secondary N) is 1. The zero-order chi connectivity index (χ0) is 9.30. The van der Waals surface area contributed by atoms with Crippen LogP contribution in [0.4, 0.5) is 5.82 Å². The minimum absolute atomic E-state index is 0.227. The fraction of sp³-hybridized carbons (Fsp3) is 0.429. The van der Waals surface area contributed by atoms with Crippen molar-refractivity contribution in [2.24, 2.45) is 5.73 Å². The molecule has 1 aromatic rings. The van der Waals surface area contributed by atoms with Crippen LogP contribution in [0.2, 0.25) is 0 Å². The second-order valence-corrected chi connectivity index (χ2v) is 2.75. The summed E-state index contributed by atoms with van der Waals surface area (Å²) < 4.78 is 0. The summed E-state index contributed by atoms with van der Waals surface area (Å²) in [5.74, 6) is 0.661. The van der Waals surface area contributed by atoms with Gasteiger partial charge in [-0.3, -0.25) is 4.79 Å². The molecule has 0 aliphatic rings. The Labute approximate surface area is 69.8 Å². The minimum atomic E-state index is -0.305. The molecule has 0 aromatic carbocycles. The summed E-state index contributed by atoms with van der Waals surface area (Å²) in [6, 6.07) is -0.305. The van der Waals surface area contributed by atoms with Gasteiger partial charge in [0.25, 0.3) is 5.56 Å². The maximum absolute atomic E-state index is 11.1. The van der Waals surface area contributed by atoms with Crippen molar-refractivity contribution in [1.29, 1.82) is 0 Å². The lowest BCUT2D eigenvalue weighted by atomic mass is 10.3. The summed E-state index contributed by atoms with van der Waals surface area (Å²) >= 11 is 0. The molecule has 1 heterocycles. The Morgan fingerprint density at radius 3 is 2.58 bits per heavy atom. The summed E-state index contributed by atoms with van der Waals surface area (Å²) in [4.78, 5) is 17.6. The van der Waals surface area contributed by atoms with Crippen molar-refractivity contribution in [3.05, 3.63) is 21.7 Å². The molecule has 0 radical (unpaired) electrons. The van der Waals surface area contributed by atoms with E-state index in [1.165, 1.54) is 0 Å². The number of hydrogen-bond donors (Lipinski definition) is 3. The van der Waals surface area contributed by atoms with Crippen LogP contribution < -0.4 is 17.0 Å². The monoisotopic (exact) mass is 168 g/mol. The van der Waals surface area contributed by atoms with Gasteiger partial charge in [-0.05, 0) is 13.8 Å². The smallest absolute Gasteiger partial charge is 0.255 e. The molecule has 0 aliphatic heterocycles. The third-order valence-corrected chi connectivity index (χ3v) is 1.64. The molecule has 0 saturated carbocycles. The van der Waals surface area contributed by atoms with Crippen LogP contribution in [-0.4, -0.2) is 9.97 Å². The van der Waals surface area contributed by atoms with E-state index in [1.54, 1.807) is 13.8 Å². The molecule has 5 nitrogen and oxygen atoms in total. The van der Waals surface area contributed by atoms with Gasteiger partial charge in [0.05, 0.1) is 11.6 Å². The van der Waals surface area contributed by atoms with Crippen LogP contribution in [0.5, 0.6) is 0 Å². The Kier molecular flexibility index (Phi) is 2.14. The normalized spacial score (nSPS) is 12.9. The van der Waals surface area contributed by atoms with Gasteiger partial charge in [0.1, 0.15) is 11.6 Å². The molecule has 0 bridgehead atoms. The molecule has 5 heteroatoms. The van der Waals surface area contributed by atoms with Gasteiger partial charge in [0.2, 0.25) is 0 Å². The molecule has 1 rings (SSSR count). The predicted molar refractivity (Wildman–Crippen MR) is 46.6 cm³/mol. The van der Waals surface area contributed by atoms with Gasteiger partial charge in [0, 0.05) is 0 Å². The van der Waals surface area contributed by atoms with Crippen molar-refractivity contribution in [2.75, 3.05) is 5.73 Å². The SMILES string of the molecule is Cc1c(N)nc(C(C)N)[nH]c1=O. The average molecular weight is 168 g/mol. The van der Waals surface area contributed by atoms with Crippen molar-refractivity contribution >= 4 is 5.82 Å². The molecule has 0 spiro atoms. The van der Waals surface area contributed by atoms with Crippen LogP contribution in [0.25, 0.3) is 0 Å². The molecule has 1 unspecified atom stereocenters. The zero-order valence-electron chi connectivity index (χ0n) is 7.09. The van der Waals surface area contributed by atoms with E-state index in [0.717, 1.165) is 0 Å². The number of aromatic nitrogens is 2. The number of H-pyrrole nitrogens is 1. The first kappa shape index (κ1) is 8.73. The van der Waals surface area contributed by atoms with Crippen LogP contribution >= 0.6 is 0 Å². The lowest BCUT2D eigenvalue weighted by Gasteiger charge is -2.05. The number of hydrogen-bond acceptors (Lipinski definition) is 4. The largest absolute Gasteiger partial charge is 0.383 e. The first-order valence-corrected chi connectivity index (χ1v) is 3.64. The van der Waals surface area contributed by atoms with E-state index in [0.29, 0.717) is 11.4 Å². The average Bonchev–Trinajstić information content (AvgIpc) is 1.99.